The third kappa shape index (κ3) is 4.42. The first-order valence-electron chi connectivity index (χ1n) is 8.06. The summed E-state index contributed by atoms with van der Waals surface area (Å²) >= 11 is 0. The lowest BCUT2D eigenvalue weighted by Gasteiger charge is -2.05. The molecule has 0 aliphatic rings. The molecule has 0 aliphatic heterocycles. The van der Waals surface area contributed by atoms with Gasteiger partial charge in [-0.2, -0.15) is 0 Å². The number of aliphatic hydroxyl groups is 1. The molecule has 5 heteroatoms. The van der Waals surface area contributed by atoms with Crippen LogP contribution in [0.25, 0.3) is 11.1 Å². The number of thiol groups is 1. The summed E-state index contributed by atoms with van der Waals surface area (Å²) in [6, 6.07) is 17.1. The van der Waals surface area contributed by atoms with Crippen molar-refractivity contribution in [3.05, 3.63) is 83.9 Å². The van der Waals surface area contributed by atoms with E-state index in [1.54, 1.807) is 42.6 Å². The second-order valence-corrected chi connectivity index (χ2v) is 7.25. The summed E-state index contributed by atoms with van der Waals surface area (Å²) in [6.07, 6.45) is 1.67. The average molecular weight is 366 g/mol. The van der Waals surface area contributed by atoms with E-state index < -0.39 is 10.8 Å². The quantitative estimate of drug-likeness (QED) is 0.438. The van der Waals surface area contributed by atoms with Crippen LogP contribution in [0.3, 0.4) is 0 Å². The predicted octanol–water partition coefficient (Wildman–Crippen LogP) is 3.33. The van der Waals surface area contributed by atoms with E-state index >= 15 is 0 Å². The summed E-state index contributed by atoms with van der Waals surface area (Å²) in [4.78, 5) is 4.78. The predicted molar refractivity (Wildman–Crippen MR) is 102 cm³/mol. The second-order valence-electron chi connectivity index (χ2n) is 5.53. The Labute approximate surface area is 154 Å². The molecular weight excluding hydrogens is 349 g/mol. The second kappa shape index (κ2) is 8.52. The SMILES string of the molecule is O=[SH+](CCO)c1ccc(-c2cc(C#Cc3ccccn3)ccc2F)cc1. The molecule has 0 fully saturated rings. The number of nitrogens with zero attached hydrogens (tertiary/aromatic N) is 1. The molecule has 3 rings (SSSR count). The van der Waals surface area contributed by atoms with Crippen molar-refractivity contribution in [3.8, 4) is 23.0 Å². The molecule has 1 heterocycles. The molecule has 0 saturated heterocycles. The molecule has 26 heavy (non-hydrogen) atoms. The van der Waals surface area contributed by atoms with Crippen LogP contribution in [-0.2, 0) is 15.0 Å². The third-order valence-electron chi connectivity index (χ3n) is 3.74. The number of aliphatic hydroxyl groups excluding tert-OH is 1. The molecule has 1 N–H and O–H groups in total. The van der Waals surface area contributed by atoms with E-state index in [4.69, 9.17) is 5.11 Å². The van der Waals surface area contributed by atoms with Gasteiger partial charge in [-0.3, -0.25) is 0 Å². The normalized spacial score (nSPS) is 11.5. The summed E-state index contributed by atoms with van der Waals surface area (Å²) in [5, 5.41) is 8.88. The highest BCUT2D eigenvalue weighted by molar-refractivity contribution is 7.85. The molecule has 0 aliphatic carbocycles. The van der Waals surface area contributed by atoms with Gasteiger partial charge in [-0.15, -0.1) is 4.21 Å². The Morgan fingerprint density at radius 3 is 2.54 bits per heavy atom. The van der Waals surface area contributed by atoms with Gasteiger partial charge in [-0.25, -0.2) is 9.37 Å². The van der Waals surface area contributed by atoms with Crippen molar-refractivity contribution in [3.63, 3.8) is 0 Å². The van der Waals surface area contributed by atoms with Crippen LogP contribution < -0.4 is 0 Å². The van der Waals surface area contributed by atoms with Gasteiger partial charge in [-0.05, 0) is 66.1 Å². The molecule has 130 valence electrons. The van der Waals surface area contributed by atoms with Crippen molar-refractivity contribution in [2.24, 2.45) is 0 Å². The molecule has 0 amide bonds. The lowest BCUT2D eigenvalue weighted by Crippen LogP contribution is -2.01. The van der Waals surface area contributed by atoms with Crippen molar-refractivity contribution < 1.29 is 13.7 Å². The zero-order valence-electron chi connectivity index (χ0n) is 13.9. The van der Waals surface area contributed by atoms with E-state index in [2.05, 4.69) is 16.8 Å². The first-order valence-corrected chi connectivity index (χ1v) is 9.50. The first kappa shape index (κ1) is 18.0. The molecule has 1 unspecified atom stereocenters. The van der Waals surface area contributed by atoms with Gasteiger partial charge in [0.15, 0.2) is 4.90 Å². The fourth-order valence-electron chi connectivity index (χ4n) is 2.42. The van der Waals surface area contributed by atoms with E-state index in [0.717, 1.165) is 0 Å². The molecule has 0 bridgehead atoms. The van der Waals surface area contributed by atoms with Crippen molar-refractivity contribution in [1.29, 1.82) is 0 Å². The number of halogens is 1. The van der Waals surface area contributed by atoms with Gasteiger partial charge >= 0.3 is 0 Å². The lowest BCUT2D eigenvalue weighted by atomic mass is 10.0. The lowest BCUT2D eigenvalue weighted by molar-refractivity contribution is 0.321. The minimum Gasteiger partial charge on any atom is -0.392 e. The largest absolute Gasteiger partial charge is 0.392 e. The summed E-state index contributed by atoms with van der Waals surface area (Å²) in [5.74, 6) is 5.82. The van der Waals surface area contributed by atoms with E-state index in [-0.39, 0.29) is 18.2 Å². The molecule has 0 radical (unpaired) electrons. The number of benzene rings is 2. The zero-order chi connectivity index (χ0) is 18.4. The Hall–Kier alpha value is -2.81. The zero-order valence-corrected chi connectivity index (χ0v) is 14.8. The maximum Gasteiger partial charge on any atom is 0.155 e. The van der Waals surface area contributed by atoms with Crippen molar-refractivity contribution >= 4 is 10.8 Å². The number of hydrogen-bond donors (Lipinski definition) is 1. The first-order chi connectivity index (χ1) is 12.7. The van der Waals surface area contributed by atoms with Gasteiger partial charge in [0.2, 0.25) is 0 Å². The monoisotopic (exact) mass is 366 g/mol. The van der Waals surface area contributed by atoms with E-state index in [9.17, 15) is 8.60 Å². The highest BCUT2D eigenvalue weighted by Crippen LogP contribution is 2.25. The fraction of sp³-hybridized carbons (Fsp3) is 0.0952. The van der Waals surface area contributed by atoms with Crippen LogP contribution >= 0.6 is 0 Å². The standard InChI is InChI=1S/C21H16FNO2S/c22-21-11-5-16(4-8-18-3-1-2-12-23-18)15-20(21)17-6-9-19(10-7-17)26(25)14-13-24/h1-3,5-7,9-12,15,24H,13-14H2/p+1. The summed E-state index contributed by atoms with van der Waals surface area (Å²) in [5.41, 5.74) is 2.44. The van der Waals surface area contributed by atoms with Gasteiger partial charge in [-0.1, -0.05) is 12.0 Å². The molecule has 3 aromatic rings. The maximum atomic E-state index is 14.2. The van der Waals surface area contributed by atoms with Crippen molar-refractivity contribution in [2.75, 3.05) is 12.4 Å². The Bertz CT molecular complexity index is 976. The molecule has 2 aromatic carbocycles. The van der Waals surface area contributed by atoms with Gasteiger partial charge in [0.25, 0.3) is 0 Å². The van der Waals surface area contributed by atoms with E-state index in [1.165, 1.54) is 6.07 Å². The van der Waals surface area contributed by atoms with Crippen LogP contribution in [0.2, 0.25) is 0 Å². The van der Waals surface area contributed by atoms with Crippen LogP contribution in [0.5, 0.6) is 0 Å². The Balaban J connectivity index is 1.89. The molecule has 0 saturated carbocycles. The van der Waals surface area contributed by atoms with Crippen LogP contribution in [0.15, 0.2) is 71.8 Å². The molecule has 1 atom stereocenters. The van der Waals surface area contributed by atoms with E-state index in [0.29, 0.717) is 27.3 Å². The third-order valence-corrected chi connectivity index (χ3v) is 5.22. The number of pyridine rings is 1. The van der Waals surface area contributed by atoms with Crippen LogP contribution in [0.1, 0.15) is 11.3 Å². The Kier molecular flexibility index (Phi) is 5.90. The van der Waals surface area contributed by atoms with Gasteiger partial charge < -0.3 is 5.11 Å². The van der Waals surface area contributed by atoms with Crippen molar-refractivity contribution in [1.82, 2.24) is 4.98 Å². The summed E-state index contributed by atoms with van der Waals surface area (Å²) < 4.78 is 26.2. The number of rotatable bonds is 4. The number of hydrogen-bond acceptors (Lipinski definition) is 3. The van der Waals surface area contributed by atoms with Crippen molar-refractivity contribution in [2.45, 2.75) is 4.90 Å². The molecule has 1 aromatic heterocycles. The minimum absolute atomic E-state index is 0.122. The van der Waals surface area contributed by atoms with Crippen LogP contribution in [-0.4, -0.2) is 22.5 Å². The smallest absolute Gasteiger partial charge is 0.155 e. The van der Waals surface area contributed by atoms with Gasteiger partial charge in [0.05, 0.1) is 6.61 Å². The Morgan fingerprint density at radius 1 is 1.04 bits per heavy atom. The average Bonchev–Trinajstić information content (AvgIpc) is 2.68. The molecular formula is C21H17FNO2S+. The maximum absolute atomic E-state index is 14.2. The fourth-order valence-corrected chi connectivity index (χ4v) is 3.35. The van der Waals surface area contributed by atoms with Crippen LogP contribution in [0, 0.1) is 17.7 Å². The van der Waals surface area contributed by atoms with E-state index in [1.807, 2.05) is 18.2 Å². The summed E-state index contributed by atoms with van der Waals surface area (Å²) in [7, 11) is -1.63. The minimum atomic E-state index is -1.63. The molecule has 0 spiro atoms. The van der Waals surface area contributed by atoms with Gasteiger partial charge in [0, 0.05) is 17.3 Å². The highest BCUT2D eigenvalue weighted by Gasteiger charge is 2.11. The topological polar surface area (TPSA) is 50.2 Å². The van der Waals surface area contributed by atoms with Gasteiger partial charge in [0.1, 0.15) is 28.1 Å². The highest BCUT2D eigenvalue weighted by atomic mass is 32.2. The van der Waals surface area contributed by atoms with Crippen LogP contribution in [0.4, 0.5) is 4.39 Å². The Morgan fingerprint density at radius 2 is 1.85 bits per heavy atom. The summed E-state index contributed by atoms with van der Waals surface area (Å²) in [6.45, 7) is -0.122. The number of aromatic nitrogens is 1. The molecule has 3 nitrogen and oxygen atoms in total.